The van der Waals surface area contributed by atoms with E-state index < -0.39 is 5.82 Å². The zero-order valence-corrected chi connectivity index (χ0v) is 9.83. The van der Waals surface area contributed by atoms with E-state index in [0.717, 1.165) is 6.07 Å². The first kappa shape index (κ1) is 11.7. The third-order valence-electron chi connectivity index (χ3n) is 2.41. The number of benzene rings is 2. The van der Waals surface area contributed by atoms with Crippen molar-refractivity contribution in [1.82, 2.24) is 0 Å². The van der Waals surface area contributed by atoms with Crippen LogP contribution < -0.4 is 4.74 Å². The highest BCUT2D eigenvalue weighted by atomic mass is 35.5. The lowest BCUT2D eigenvalue weighted by Crippen LogP contribution is -1.90. The molecule has 0 spiro atoms. The number of phenols is 1. The van der Waals surface area contributed by atoms with Crippen molar-refractivity contribution in [3.05, 3.63) is 47.2 Å². The molecule has 17 heavy (non-hydrogen) atoms. The summed E-state index contributed by atoms with van der Waals surface area (Å²) in [5.41, 5.74) is 0.950. The predicted octanol–water partition coefficient (Wildman–Crippen LogP) is 3.86. The van der Waals surface area contributed by atoms with E-state index in [0.29, 0.717) is 21.9 Å². The number of ether oxygens (including phenoxy) is 1. The van der Waals surface area contributed by atoms with Gasteiger partial charge in [0.25, 0.3) is 0 Å². The number of phenolic OH excluding ortho intramolecular Hbond substituents is 1. The van der Waals surface area contributed by atoms with Gasteiger partial charge in [0.2, 0.25) is 0 Å². The molecular formula is C13H10ClFO2. The lowest BCUT2D eigenvalue weighted by Gasteiger charge is -2.10. The summed E-state index contributed by atoms with van der Waals surface area (Å²) in [6, 6.07) is 8.93. The molecule has 0 amide bonds. The Morgan fingerprint density at radius 3 is 2.47 bits per heavy atom. The minimum absolute atomic E-state index is 0.112. The summed E-state index contributed by atoms with van der Waals surface area (Å²) in [6.45, 7) is 0. The molecular weight excluding hydrogens is 243 g/mol. The van der Waals surface area contributed by atoms with E-state index in [9.17, 15) is 4.39 Å². The zero-order valence-electron chi connectivity index (χ0n) is 9.08. The van der Waals surface area contributed by atoms with E-state index in [1.165, 1.54) is 19.2 Å². The average molecular weight is 253 g/mol. The lowest BCUT2D eigenvalue weighted by molar-refractivity contribution is 0.416. The van der Waals surface area contributed by atoms with Crippen LogP contribution in [0.25, 0.3) is 11.1 Å². The Labute approximate surface area is 103 Å². The van der Waals surface area contributed by atoms with Gasteiger partial charge in [-0.15, -0.1) is 0 Å². The van der Waals surface area contributed by atoms with Crippen molar-refractivity contribution in [2.75, 3.05) is 7.11 Å². The van der Waals surface area contributed by atoms with Crippen LogP contribution in [0.5, 0.6) is 11.5 Å². The molecule has 0 radical (unpaired) electrons. The number of halogens is 2. The molecule has 0 unspecified atom stereocenters. The van der Waals surface area contributed by atoms with Crippen molar-refractivity contribution < 1.29 is 14.2 Å². The fourth-order valence-electron chi connectivity index (χ4n) is 1.61. The molecule has 2 rings (SSSR count). The number of methoxy groups -OCH3 is 1. The number of aromatic hydroxyl groups is 1. The summed E-state index contributed by atoms with van der Waals surface area (Å²) in [7, 11) is 1.49. The van der Waals surface area contributed by atoms with Gasteiger partial charge < -0.3 is 9.84 Å². The SMILES string of the molecule is COc1cc(Cl)ccc1-c1ccc(O)cc1F. The predicted molar refractivity (Wildman–Crippen MR) is 65.1 cm³/mol. The first-order chi connectivity index (χ1) is 8.11. The monoisotopic (exact) mass is 252 g/mol. The molecule has 0 aliphatic heterocycles. The largest absolute Gasteiger partial charge is 0.508 e. The lowest BCUT2D eigenvalue weighted by atomic mass is 10.0. The fraction of sp³-hybridized carbons (Fsp3) is 0.0769. The summed E-state index contributed by atoms with van der Waals surface area (Å²) < 4.78 is 18.9. The first-order valence-electron chi connectivity index (χ1n) is 4.94. The van der Waals surface area contributed by atoms with Crippen LogP contribution >= 0.6 is 11.6 Å². The molecule has 0 fully saturated rings. The molecule has 2 nitrogen and oxygen atoms in total. The second-order valence-electron chi connectivity index (χ2n) is 3.51. The van der Waals surface area contributed by atoms with Crippen molar-refractivity contribution in [2.24, 2.45) is 0 Å². The van der Waals surface area contributed by atoms with Crippen molar-refractivity contribution in [3.63, 3.8) is 0 Å². The van der Waals surface area contributed by atoms with Gasteiger partial charge in [-0.1, -0.05) is 11.6 Å². The normalized spacial score (nSPS) is 10.3. The molecule has 0 bridgehead atoms. The second-order valence-corrected chi connectivity index (χ2v) is 3.95. The van der Waals surface area contributed by atoms with Crippen LogP contribution in [0, 0.1) is 5.82 Å². The second kappa shape index (κ2) is 4.63. The van der Waals surface area contributed by atoms with E-state index in [-0.39, 0.29) is 5.75 Å². The number of hydrogen-bond donors (Lipinski definition) is 1. The summed E-state index contributed by atoms with van der Waals surface area (Å²) in [5.74, 6) is -0.133. The fourth-order valence-corrected chi connectivity index (χ4v) is 1.77. The standard InChI is InChI=1S/C13H10ClFO2/c1-17-13-6-8(14)2-4-11(13)10-5-3-9(16)7-12(10)15/h2-7,16H,1H3. The van der Waals surface area contributed by atoms with Crippen LogP contribution in [-0.2, 0) is 0 Å². The molecule has 0 aliphatic carbocycles. The van der Waals surface area contributed by atoms with E-state index in [1.54, 1.807) is 18.2 Å². The number of rotatable bonds is 2. The Morgan fingerprint density at radius 2 is 1.82 bits per heavy atom. The molecule has 0 aromatic heterocycles. The minimum atomic E-state index is -0.509. The number of hydrogen-bond acceptors (Lipinski definition) is 2. The Hall–Kier alpha value is -1.74. The van der Waals surface area contributed by atoms with Crippen LogP contribution in [-0.4, -0.2) is 12.2 Å². The van der Waals surface area contributed by atoms with Gasteiger partial charge in [0.15, 0.2) is 0 Å². The van der Waals surface area contributed by atoms with Crippen molar-refractivity contribution in [2.45, 2.75) is 0 Å². The molecule has 2 aromatic carbocycles. The van der Waals surface area contributed by atoms with E-state index >= 15 is 0 Å². The zero-order chi connectivity index (χ0) is 12.4. The third kappa shape index (κ3) is 2.34. The maximum Gasteiger partial charge on any atom is 0.134 e. The maximum absolute atomic E-state index is 13.7. The van der Waals surface area contributed by atoms with Crippen LogP contribution in [0.15, 0.2) is 36.4 Å². The topological polar surface area (TPSA) is 29.5 Å². The molecule has 0 saturated carbocycles. The summed E-state index contributed by atoms with van der Waals surface area (Å²) in [6.07, 6.45) is 0. The van der Waals surface area contributed by atoms with E-state index in [2.05, 4.69) is 0 Å². The molecule has 88 valence electrons. The van der Waals surface area contributed by atoms with Gasteiger partial charge in [-0.25, -0.2) is 4.39 Å². The third-order valence-corrected chi connectivity index (χ3v) is 2.64. The highest BCUT2D eigenvalue weighted by Gasteiger charge is 2.11. The Kier molecular flexibility index (Phi) is 3.20. The van der Waals surface area contributed by atoms with Crippen molar-refractivity contribution in [3.8, 4) is 22.6 Å². The van der Waals surface area contributed by atoms with Gasteiger partial charge in [-0.3, -0.25) is 0 Å². The van der Waals surface area contributed by atoms with Crippen molar-refractivity contribution in [1.29, 1.82) is 0 Å². The van der Waals surface area contributed by atoms with Gasteiger partial charge >= 0.3 is 0 Å². The molecule has 0 atom stereocenters. The maximum atomic E-state index is 13.7. The molecule has 0 heterocycles. The summed E-state index contributed by atoms with van der Waals surface area (Å²) >= 11 is 5.83. The molecule has 0 aliphatic rings. The first-order valence-corrected chi connectivity index (χ1v) is 5.32. The highest BCUT2D eigenvalue weighted by Crippen LogP contribution is 2.34. The Morgan fingerprint density at radius 1 is 1.12 bits per heavy atom. The average Bonchev–Trinajstić information content (AvgIpc) is 2.30. The highest BCUT2D eigenvalue weighted by molar-refractivity contribution is 6.30. The van der Waals surface area contributed by atoms with Crippen LogP contribution in [0.1, 0.15) is 0 Å². The quantitative estimate of drug-likeness (QED) is 0.879. The van der Waals surface area contributed by atoms with E-state index in [4.69, 9.17) is 21.4 Å². The Bertz CT molecular complexity index is 555. The van der Waals surface area contributed by atoms with Crippen LogP contribution in [0.3, 0.4) is 0 Å². The van der Waals surface area contributed by atoms with Gasteiger partial charge in [0.1, 0.15) is 17.3 Å². The summed E-state index contributed by atoms with van der Waals surface area (Å²) in [5, 5.41) is 9.68. The molecule has 4 heteroatoms. The van der Waals surface area contributed by atoms with Crippen molar-refractivity contribution >= 4 is 11.6 Å². The van der Waals surface area contributed by atoms with Crippen LogP contribution in [0.2, 0.25) is 5.02 Å². The molecule has 1 N–H and O–H groups in total. The molecule has 2 aromatic rings. The van der Waals surface area contributed by atoms with Gasteiger partial charge in [0.05, 0.1) is 7.11 Å². The van der Waals surface area contributed by atoms with E-state index in [1.807, 2.05) is 0 Å². The summed E-state index contributed by atoms with van der Waals surface area (Å²) in [4.78, 5) is 0. The van der Waals surface area contributed by atoms with Gasteiger partial charge in [-0.2, -0.15) is 0 Å². The minimum Gasteiger partial charge on any atom is -0.508 e. The molecule has 0 saturated heterocycles. The van der Waals surface area contributed by atoms with Crippen LogP contribution in [0.4, 0.5) is 4.39 Å². The Balaban J connectivity index is 2.60. The van der Waals surface area contributed by atoms with Gasteiger partial charge in [0, 0.05) is 22.2 Å². The smallest absolute Gasteiger partial charge is 0.134 e. The van der Waals surface area contributed by atoms with Gasteiger partial charge in [-0.05, 0) is 30.3 Å².